The summed E-state index contributed by atoms with van der Waals surface area (Å²) in [5, 5.41) is 7.65. The van der Waals surface area contributed by atoms with E-state index >= 15 is 0 Å². The molecule has 2 unspecified atom stereocenters. The highest BCUT2D eigenvalue weighted by Crippen LogP contribution is 2.31. The van der Waals surface area contributed by atoms with Crippen LogP contribution in [0.25, 0.3) is 0 Å². The van der Waals surface area contributed by atoms with Crippen LogP contribution in [-0.4, -0.2) is 39.2 Å². The minimum atomic E-state index is -0.203. The van der Waals surface area contributed by atoms with Crippen molar-refractivity contribution in [3.05, 3.63) is 53.9 Å². The zero-order valence-electron chi connectivity index (χ0n) is 14.8. The van der Waals surface area contributed by atoms with Crippen LogP contribution in [0.4, 0.5) is 0 Å². The van der Waals surface area contributed by atoms with Crippen LogP contribution >= 0.6 is 0 Å². The number of benzene rings is 1. The summed E-state index contributed by atoms with van der Waals surface area (Å²) in [7, 11) is 0. The molecule has 1 aromatic carbocycles. The summed E-state index contributed by atoms with van der Waals surface area (Å²) < 4.78 is 2.01. The van der Waals surface area contributed by atoms with Gasteiger partial charge in [0, 0.05) is 18.3 Å². The highest BCUT2D eigenvalue weighted by molar-refractivity contribution is 5.83. The van der Waals surface area contributed by atoms with Crippen molar-refractivity contribution < 1.29 is 4.79 Å². The Labute approximate surface area is 149 Å². The Morgan fingerprint density at radius 3 is 2.76 bits per heavy atom. The number of aryl methyl sites for hydroxylation is 1. The van der Waals surface area contributed by atoms with Crippen LogP contribution in [0.3, 0.4) is 0 Å². The van der Waals surface area contributed by atoms with Crippen molar-refractivity contribution in [1.82, 2.24) is 20.0 Å². The third-order valence-electron chi connectivity index (χ3n) is 5.20. The topological polar surface area (TPSA) is 50.2 Å². The maximum atomic E-state index is 13.0. The summed E-state index contributed by atoms with van der Waals surface area (Å²) in [6, 6.07) is 10.7. The minimum absolute atomic E-state index is 0.150. The van der Waals surface area contributed by atoms with Gasteiger partial charge in [0.15, 0.2) is 0 Å². The highest BCUT2D eigenvalue weighted by Gasteiger charge is 2.37. The molecular weight excluding hydrogens is 312 g/mol. The van der Waals surface area contributed by atoms with Gasteiger partial charge in [-0.2, -0.15) is 5.10 Å². The molecule has 1 amide bonds. The van der Waals surface area contributed by atoms with Crippen molar-refractivity contribution in [2.75, 3.05) is 6.54 Å². The number of carbonyl (C=O) groups is 1. The lowest BCUT2D eigenvalue weighted by Gasteiger charge is -2.32. The Balaban J connectivity index is 1.57. The number of carbonyl (C=O) groups excluding carboxylic acids is 1. The second-order valence-electron chi connectivity index (χ2n) is 7.37. The van der Waals surface area contributed by atoms with Gasteiger partial charge < -0.3 is 5.32 Å². The Morgan fingerprint density at radius 1 is 1.28 bits per heavy atom. The van der Waals surface area contributed by atoms with Gasteiger partial charge in [-0.3, -0.25) is 14.4 Å². The number of aromatic nitrogens is 2. The maximum Gasteiger partial charge on any atom is 0.242 e. The van der Waals surface area contributed by atoms with Gasteiger partial charge in [0.05, 0.1) is 12.7 Å². The van der Waals surface area contributed by atoms with Crippen LogP contribution in [0.5, 0.6) is 0 Å². The van der Waals surface area contributed by atoms with Gasteiger partial charge in [-0.1, -0.05) is 30.3 Å². The van der Waals surface area contributed by atoms with Crippen molar-refractivity contribution in [2.45, 2.75) is 57.3 Å². The summed E-state index contributed by atoms with van der Waals surface area (Å²) in [5.41, 5.74) is 2.26. The molecule has 1 N–H and O–H groups in total. The number of nitrogens with one attached hydrogen (secondary N) is 1. The zero-order chi connectivity index (χ0) is 17.2. The van der Waals surface area contributed by atoms with E-state index in [0.717, 1.165) is 44.3 Å². The van der Waals surface area contributed by atoms with E-state index in [1.54, 1.807) is 0 Å². The molecule has 1 aliphatic carbocycles. The van der Waals surface area contributed by atoms with E-state index in [2.05, 4.69) is 40.6 Å². The van der Waals surface area contributed by atoms with E-state index in [-0.39, 0.29) is 11.9 Å². The third-order valence-corrected chi connectivity index (χ3v) is 5.20. The molecule has 0 bridgehead atoms. The minimum Gasteiger partial charge on any atom is -0.352 e. The van der Waals surface area contributed by atoms with Gasteiger partial charge in [0.25, 0.3) is 0 Å². The van der Waals surface area contributed by atoms with Gasteiger partial charge in [-0.25, -0.2) is 0 Å². The first-order valence-electron chi connectivity index (χ1n) is 9.31. The Kier molecular flexibility index (Phi) is 4.57. The van der Waals surface area contributed by atoms with E-state index in [0.29, 0.717) is 12.1 Å². The molecule has 2 aliphatic rings. The number of hydrogen-bond donors (Lipinski definition) is 1. The lowest BCUT2D eigenvalue weighted by atomic mass is 10.0. The van der Waals surface area contributed by atoms with E-state index in [9.17, 15) is 4.79 Å². The Bertz CT molecular complexity index is 722. The summed E-state index contributed by atoms with van der Waals surface area (Å²) in [6.07, 6.45) is 8.45. The quantitative estimate of drug-likeness (QED) is 0.881. The van der Waals surface area contributed by atoms with Crippen LogP contribution in [0, 0.1) is 6.92 Å². The molecule has 5 heteroatoms. The van der Waals surface area contributed by atoms with E-state index < -0.39 is 0 Å². The van der Waals surface area contributed by atoms with Crippen LogP contribution in [0.15, 0.2) is 42.7 Å². The first-order chi connectivity index (χ1) is 12.2. The average Bonchev–Trinajstić information content (AvgIpc) is 3.15. The molecule has 2 fully saturated rings. The molecule has 0 radical (unpaired) electrons. The fourth-order valence-electron chi connectivity index (χ4n) is 3.81. The van der Waals surface area contributed by atoms with Gasteiger partial charge in [0.1, 0.15) is 6.04 Å². The first-order valence-corrected chi connectivity index (χ1v) is 9.31. The molecular formula is C20H26N4O. The highest BCUT2D eigenvalue weighted by atomic mass is 16.2. The van der Waals surface area contributed by atoms with Crippen molar-refractivity contribution in [3.63, 3.8) is 0 Å². The van der Waals surface area contributed by atoms with Gasteiger partial charge in [-0.05, 0) is 50.3 Å². The first kappa shape index (κ1) is 16.3. The van der Waals surface area contributed by atoms with Crippen LogP contribution in [-0.2, 0) is 11.3 Å². The van der Waals surface area contributed by atoms with Gasteiger partial charge >= 0.3 is 0 Å². The van der Waals surface area contributed by atoms with Crippen molar-refractivity contribution in [2.24, 2.45) is 0 Å². The zero-order valence-corrected chi connectivity index (χ0v) is 14.8. The predicted molar refractivity (Wildman–Crippen MR) is 97.0 cm³/mol. The molecule has 2 aromatic rings. The predicted octanol–water partition coefficient (Wildman–Crippen LogP) is 2.68. The second kappa shape index (κ2) is 7.00. The number of hydrogen-bond acceptors (Lipinski definition) is 3. The fraction of sp³-hybridized carbons (Fsp3) is 0.500. The molecule has 1 aromatic heterocycles. The summed E-state index contributed by atoms with van der Waals surface area (Å²) in [5.74, 6) is 0.150. The van der Waals surface area contributed by atoms with Gasteiger partial charge in [0.2, 0.25) is 5.91 Å². The van der Waals surface area contributed by atoms with Gasteiger partial charge in [-0.15, -0.1) is 0 Å². The number of likely N-dealkylation sites (tertiary alicyclic amines) is 1. The molecule has 25 heavy (non-hydrogen) atoms. The molecule has 2 heterocycles. The summed E-state index contributed by atoms with van der Waals surface area (Å²) >= 11 is 0. The van der Waals surface area contributed by atoms with E-state index in [1.165, 1.54) is 5.56 Å². The largest absolute Gasteiger partial charge is 0.352 e. The normalized spacial score (nSPS) is 22.0. The SMILES string of the molecule is Cc1cnn(CC2CCCN2C(C(=O)NC2CC2)c2ccccc2)c1. The number of amides is 1. The fourth-order valence-corrected chi connectivity index (χ4v) is 3.81. The molecule has 132 valence electrons. The Morgan fingerprint density at radius 2 is 2.08 bits per heavy atom. The molecule has 1 aliphatic heterocycles. The molecule has 1 saturated carbocycles. The Hall–Kier alpha value is -2.14. The standard InChI is InChI=1S/C20H26N4O/c1-15-12-21-23(13-15)14-18-8-5-11-24(18)19(16-6-3-2-4-7-16)20(25)22-17-9-10-17/h2-4,6-7,12-13,17-19H,5,8-11,14H2,1H3,(H,22,25). The molecule has 5 nitrogen and oxygen atoms in total. The summed E-state index contributed by atoms with van der Waals surface area (Å²) in [4.78, 5) is 15.4. The molecule has 2 atom stereocenters. The van der Waals surface area contributed by atoms with Crippen molar-refractivity contribution >= 4 is 5.91 Å². The van der Waals surface area contributed by atoms with Crippen molar-refractivity contribution in [3.8, 4) is 0 Å². The molecule has 0 spiro atoms. The average molecular weight is 338 g/mol. The van der Waals surface area contributed by atoms with Crippen LogP contribution < -0.4 is 5.32 Å². The third kappa shape index (κ3) is 3.76. The monoisotopic (exact) mass is 338 g/mol. The lowest BCUT2D eigenvalue weighted by molar-refractivity contribution is -0.127. The smallest absolute Gasteiger partial charge is 0.242 e. The molecule has 1 saturated heterocycles. The molecule has 4 rings (SSSR count). The maximum absolute atomic E-state index is 13.0. The second-order valence-corrected chi connectivity index (χ2v) is 7.37. The van der Waals surface area contributed by atoms with E-state index in [1.807, 2.05) is 29.1 Å². The lowest BCUT2D eigenvalue weighted by Crippen LogP contribution is -2.44. The van der Waals surface area contributed by atoms with Crippen LogP contribution in [0.1, 0.15) is 42.9 Å². The summed E-state index contributed by atoms with van der Waals surface area (Å²) in [6.45, 7) is 3.86. The number of rotatable bonds is 6. The number of nitrogens with zero attached hydrogens (tertiary/aromatic N) is 3. The van der Waals surface area contributed by atoms with E-state index in [4.69, 9.17) is 0 Å². The van der Waals surface area contributed by atoms with Crippen LogP contribution in [0.2, 0.25) is 0 Å². The van der Waals surface area contributed by atoms with Crippen molar-refractivity contribution in [1.29, 1.82) is 0 Å².